The fourth-order valence-corrected chi connectivity index (χ4v) is 2.33. The highest BCUT2D eigenvalue weighted by molar-refractivity contribution is 6.21. The second-order valence-corrected chi connectivity index (χ2v) is 4.84. The van der Waals surface area contributed by atoms with Gasteiger partial charge in [0.2, 0.25) is 0 Å². The van der Waals surface area contributed by atoms with E-state index in [2.05, 4.69) is 11.8 Å². The predicted octanol–water partition coefficient (Wildman–Crippen LogP) is 2.72. The molecule has 0 saturated heterocycles. The summed E-state index contributed by atoms with van der Waals surface area (Å²) in [5.74, 6) is 5.42. The quantitative estimate of drug-likeness (QED) is 0.593. The third-order valence-corrected chi connectivity index (χ3v) is 3.41. The summed E-state index contributed by atoms with van der Waals surface area (Å²) < 4.78 is 0. The van der Waals surface area contributed by atoms with E-state index in [9.17, 15) is 9.59 Å². The second-order valence-electron chi connectivity index (χ2n) is 4.84. The van der Waals surface area contributed by atoms with E-state index >= 15 is 0 Å². The largest absolute Gasteiger partial charge is 0.269 e. The lowest BCUT2D eigenvalue weighted by atomic mass is 10.1. The first-order chi connectivity index (χ1) is 10.2. The molecule has 0 saturated carbocycles. The molecule has 0 bridgehead atoms. The van der Waals surface area contributed by atoms with Gasteiger partial charge in [0.15, 0.2) is 0 Å². The molecule has 1 unspecified atom stereocenters. The van der Waals surface area contributed by atoms with Crippen molar-refractivity contribution in [3.8, 4) is 11.8 Å². The number of amides is 2. The Hall–Kier alpha value is -2.86. The minimum atomic E-state index is -0.461. The van der Waals surface area contributed by atoms with Crippen molar-refractivity contribution in [1.29, 1.82) is 0 Å². The molecule has 21 heavy (non-hydrogen) atoms. The lowest BCUT2D eigenvalue weighted by Crippen LogP contribution is -2.37. The molecule has 0 fully saturated rings. The van der Waals surface area contributed by atoms with Crippen molar-refractivity contribution in [2.24, 2.45) is 0 Å². The predicted molar refractivity (Wildman–Crippen MR) is 79.7 cm³/mol. The van der Waals surface area contributed by atoms with Gasteiger partial charge in [0.1, 0.15) is 0 Å². The zero-order valence-corrected chi connectivity index (χ0v) is 11.5. The maximum absolute atomic E-state index is 12.3. The van der Waals surface area contributed by atoms with Crippen LogP contribution in [0.4, 0.5) is 0 Å². The maximum Gasteiger partial charge on any atom is 0.262 e. The lowest BCUT2D eigenvalue weighted by Gasteiger charge is -2.17. The topological polar surface area (TPSA) is 37.4 Å². The van der Waals surface area contributed by atoms with E-state index < -0.39 is 6.04 Å². The standard InChI is InChI=1S/C18H13NO2/c1-13(11-12-14-7-3-2-4-8-14)19-17(20)15-9-5-6-10-16(15)18(19)21/h2-10,13H,1H3. The van der Waals surface area contributed by atoms with E-state index in [1.54, 1.807) is 31.2 Å². The molecule has 102 valence electrons. The number of imide groups is 1. The average Bonchev–Trinajstić information content (AvgIpc) is 2.78. The van der Waals surface area contributed by atoms with Crippen molar-refractivity contribution in [2.45, 2.75) is 13.0 Å². The Morgan fingerprint density at radius 3 is 1.95 bits per heavy atom. The van der Waals surface area contributed by atoms with Gasteiger partial charge in [0.05, 0.1) is 17.2 Å². The number of hydrogen-bond donors (Lipinski definition) is 0. The van der Waals surface area contributed by atoms with Gasteiger partial charge in [-0.25, -0.2) is 0 Å². The van der Waals surface area contributed by atoms with Crippen LogP contribution in [0.2, 0.25) is 0 Å². The van der Waals surface area contributed by atoms with Crippen LogP contribution < -0.4 is 0 Å². The minimum absolute atomic E-state index is 0.273. The number of fused-ring (bicyclic) bond motifs is 1. The van der Waals surface area contributed by atoms with Gasteiger partial charge in [-0.05, 0) is 31.2 Å². The molecule has 3 nitrogen and oxygen atoms in total. The molecule has 3 rings (SSSR count). The summed E-state index contributed by atoms with van der Waals surface area (Å²) in [4.78, 5) is 25.8. The molecular formula is C18H13NO2. The summed E-state index contributed by atoms with van der Waals surface area (Å²) in [6.07, 6.45) is 0. The van der Waals surface area contributed by atoms with Gasteiger partial charge in [-0.3, -0.25) is 14.5 Å². The highest BCUT2D eigenvalue weighted by Gasteiger charge is 2.37. The van der Waals surface area contributed by atoms with Gasteiger partial charge in [-0.15, -0.1) is 0 Å². The van der Waals surface area contributed by atoms with Crippen molar-refractivity contribution >= 4 is 11.8 Å². The van der Waals surface area contributed by atoms with Crippen molar-refractivity contribution < 1.29 is 9.59 Å². The van der Waals surface area contributed by atoms with E-state index in [1.807, 2.05) is 30.3 Å². The van der Waals surface area contributed by atoms with E-state index in [1.165, 1.54) is 4.90 Å². The maximum atomic E-state index is 12.3. The molecule has 1 heterocycles. The van der Waals surface area contributed by atoms with Crippen molar-refractivity contribution in [2.75, 3.05) is 0 Å². The fourth-order valence-electron chi connectivity index (χ4n) is 2.33. The summed E-state index contributed by atoms with van der Waals surface area (Å²) in [5.41, 5.74) is 1.77. The molecule has 0 N–H and O–H groups in total. The van der Waals surface area contributed by atoms with Crippen LogP contribution in [0.1, 0.15) is 33.2 Å². The first kappa shape index (κ1) is 13.1. The molecule has 1 aliphatic heterocycles. The molecular weight excluding hydrogens is 262 g/mol. The van der Waals surface area contributed by atoms with Crippen molar-refractivity contribution in [3.63, 3.8) is 0 Å². The third-order valence-electron chi connectivity index (χ3n) is 3.41. The number of carbonyl (C=O) groups is 2. The van der Waals surface area contributed by atoms with Gasteiger partial charge in [-0.2, -0.15) is 0 Å². The summed E-state index contributed by atoms with van der Waals surface area (Å²) in [6.45, 7) is 1.76. The molecule has 0 aliphatic carbocycles. The lowest BCUT2D eigenvalue weighted by molar-refractivity contribution is 0.0630. The Morgan fingerprint density at radius 2 is 1.38 bits per heavy atom. The van der Waals surface area contributed by atoms with Gasteiger partial charge < -0.3 is 0 Å². The minimum Gasteiger partial charge on any atom is -0.269 e. The normalized spacial score (nSPS) is 14.4. The Morgan fingerprint density at radius 1 is 0.857 bits per heavy atom. The Bertz CT molecular complexity index is 734. The molecule has 1 aliphatic rings. The van der Waals surface area contributed by atoms with E-state index in [4.69, 9.17) is 0 Å². The van der Waals surface area contributed by atoms with Crippen LogP contribution >= 0.6 is 0 Å². The van der Waals surface area contributed by atoms with Crippen molar-refractivity contribution in [1.82, 2.24) is 4.90 Å². The average molecular weight is 275 g/mol. The summed E-state index contributed by atoms with van der Waals surface area (Å²) in [7, 11) is 0. The zero-order valence-electron chi connectivity index (χ0n) is 11.5. The Balaban J connectivity index is 1.88. The van der Waals surface area contributed by atoms with Crippen LogP contribution in [0.3, 0.4) is 0 Å². The van der Waals surface area contributed by atoms with Crippen LogP contribution in [0, 0.1) is 11.8 Å². The molecule has 0 radical (unpaired) electrons. The molecule has 2 aromatic rings. The first-order valence-corrected chi connectivity index (χ1v) is 6.72. The van der Waals surface area contributed by atoms with Crippen LogP contribution in [-0.2, 0) is 0 Å². The second kappa shape index (κ2) is 5.26. The molecule has 3 heteroatoms. The van der Waals surface area contributed by atoms with Gasteiger partial charge in [0.25, 0.3) is 11.8 Å². The summed E-state index contributed by atoms with van der Waals surface area (Å²) in [6, 6.07) is 15.9. The van der Waals surface area contributed by atoms with Crippen molar-refractivity contribution in [3.05, 3.63) is 71.3 Å². The van der Waals surface area contributed by atoms with Gasteiger partial charge in [-0.1, -0.05) is 42.2 Å². The Kier molecular flexibility index (Phi) is 3.29. The first-order valence-electron chi connectivity index (χ1n) is 6.72. The fraction of sp³-hybridized carbons (Fsp3) is 0.111. The third kappa shape index (κ3) is 2.32. The van der Waals surface area contributed by atoms with Crippen LogP contribution in [-0.4, -0.2) is 22.8 Å². The molecule has 0 aromatic heterocycles. The number of carbonyl (C=O) groups excluding carboxylic acids is 2. The number of hydrogen-bond acceptors (Lipinski definition) is 2. The van der Waals surface area contributed by atoms with Gasteiger partial charge in [0, 0.05) is 5.56 Å². The smallest absolute Gasteiger partial charge is 0.262 e. The van der Waals surface area contributed by atoms with Crippen LogP contribution in [0.5, 0.6) is 0 Å². The SMILES string of the molecule is CC(C#Cc1ccccc1)N1C(=O)c2ccccc2C1=O. The molecule has 2 amide bonds. The van der Waals surface area contributed by atoms with E-state index in [-0.39, 0.29) is 11.8 Å². The number of rotatable bonds is 1. The molecule has 0 spiro atoms. The number of nitrogens with zero attached hydrogens (tertiary/aromatic N) is 1. The monoisotopic (exact) mass is 275 g/mol. The highest BCUT2D eigenvalue weighted by Crippen LogP contribution is 2.24. The van der Waals surface area contributed by atoms with E-state index in [0.717, 1.165) is 5.56 Å². The summed E-state index contributed by atoms with van der Waals surface area (Å²) >= 11 is 0. The number of benzene rings is 2. The highest BCUT2D eigenvalue weighted by atomic mass is 16.2. The van der Waals surface area contributed by atoms with E-state index in [0.29, 0.717) is 11.1 Å². The van der Waals surface area contributed by atoms with Gasteiger partial charge >= 0.3 is 0 Å². The molecule has 1 atom stereocenters. The zero-order chi connectivity index (χ0) is 14.8. The Labute approximate surface area is 123 Å². The summed E-state index contributed by atoms with van der Waals surface area (Å²) in [5, 5.41) is 0. The van der Waals surface area contributed by atoms with Crippen LogP contribution in [0.25, 0.3) is 0 Å². The molecule has 2 aromatic carbocycles. The van der Waals surface area contributed by atoms with Crippen LogP contribution in [0.15, 0.2) is 54.6 Å².